The van der Waals surface area contributed by atoms with Crippen LogP contribution in [0.4, 0.5) is 0 Å². The molecule has 0 saturated carbocycles. The summed E-state index contributed by atoms with van der Waals surface area (Å²) in [5.41, 5.74) is 0. The molecule has 0 aromatic rings. The number of carbonyl (C=O) groups is 1. The third kappa shape index (κ3) is 14.1. The molecule has 0 radical (unpaired) electrons. The number of hydrogen-bond acceptors (Lipinski definition) is 2. The third-order valence-electron chi connectivity index (χ3n) is 4.20. The maximum absolute atomic E-state index is 10.4. The van der Waals surface area contributed by atoms with Crippen LogP contribution in [0.15, 0.2) is 12.2 Å². The molecule has 0 spiro atoms. The Morgan fingerprint density at radius 1 is 1.00 bits per heavy atom. The molecule has 3 nitrogen and oxygen atoms in total. The Hall–Kier alpha value is -0.830. The maximum Gasteiger partial charge on any atom is 0.303 e. The minimum atomic E-state index is -0.686. The molecule has 0 aliphatic heterocycles. The van der Waals surface area contributed by atoms with Crippen LogP contribution < -0.4 is 0 Å². The van der Waals surface area contributed by atoms with Gasteiger partial charge in [0.15, 0.2) is 0 Å². The van der Waals surface area contributed by atoms with Crippen molar-refractivity contribution in [2.24, 2.45) is 5.92 Å². The number of carboxylic acid groups (broad SMARTS) is 1. The molecule has 2 atom stereocenters. The van der Waals surface area contributed by atoms with Gasteiger partial charge in [-0.15, -0.1) is 0 Å². The maximum atomic E-state index is 10.4. The Labute approximate surface area is 136 Å². The fourth-order valence-electron chi connectivity index (χ4n) is 2.54. The van der Waals surface area contributed by atoms with Crippen molar-refractivity contribution in [1.29, 1.82) is 0 Å². The van der Waals surface area contributed by atoms with Crippen LogP contribution >= 0.6 is 0 Å². The van der Waals surface area contributed by atoms with Crippen molar-refractivity contribution in [3.05, 3.63) is 12.2 Å². The normalized spacial score (nSPS) is 14.3. The first-order chi connectivity index (χ1) is 10.6. The first-order valence-electron chi connectivity index (χ1n) is 9.12. The second-order valence-corrected chi connectivity index (χ2v) is 6.45. The average molecular weight is 312 g/mol. The average Bonchev–Trinajstić information content (AvgIpc) is 2.48. The highest BCUT2D eigenvalue weighted by Gasteiger charge is 2.11. The first-order valence-corrected chi connectivity index (χ1v) is 9.12. The lowest BCUT2D eigenvalue weighted by Gasteiger charge is -2.16. The molecule has 2 N–H and O–H groups in total. The van der Waals surface area contributed by atoms with E-state index in [4.69, 9.17) is 5.11 Å². The minimum absolute atomic E-state index is 0.162. The number of hydrogen-bond donors (Lipinski definition) is 2. The molecule has 0 amide bonds. The molecule has 130 valence electrons. The molecule has 0 aromatic carbocycles. The van der Waals surface area contributed by atoms with Crippen molar-refractivity contribution >= 4 is 5.97 Å². The Balaban J connectivity index is 3.43. The van der Waals surface area contributed by atoms with Gasteiger partial charge in [0.2, 0.25) is 0 Å². The monoisotopic (exact) mass is 312 g/mol. The van der Waals surface area contributed by atoms with E-state index in [1.165, 1.54) is 25.7 Å². The van der Waals surface area contributed by atoms with E-state index in [0.29, 0.717) is 12.3 Å². The van der Waals surface area contributed by atoms with Crippen LogP contribution in [-0.2, 0) is 4.79 Å². The molecule has 0 rings (SSSR count). The highest BCUT2D eigenvalue weighted by Crippen LogP contribution is 2.16. The van der Waals surface area contributed by atoms with Crippen molar-refractivity contribution in [2.75, 3.05) is 0 Å². The standard InChI is InChI=1S/C19H36O3/c1-3-4-11-15-18(20)17(2)14-12-9-7-5-6-8-10-13-16-19(21)22/h9,12,17-18,20H,3-8,10-11,13-16H2,1-2H3,(H,21,22)/b12-9+. The van der Waals surface area contributed by atoms with Gasteiger partial charge in [-0.3, -0.25) is 4.79 Å². The summed E-state index contributed by atoms with van der Waals surface area (Å²) in [6.45, 7) is 4.31. The van der Waals surface area contributed by atoms with E-state index in [9.17, 15) is 9.90 Å². The molecule has 0 aromatic heterocycles. The SMILES string of the molecule is CCCCCC(O)C(C)C/C=C/CCCCCCCC(=O)O. The minimum Gasteiger partial charge on any atom is -0.481 e. The Morgan fingerprint density at radius 2 is 1.68 bits per heavy atom. The van der Waals surface area contributed by atoms with Gasteiger partial charge in [0.05, 0.1) is 6.10 Å². The fraction of sp³-hybridized carbons (Fsp3) is 0.842. The summed E-state index contributed by atoms with van der Waals surface area (Å²) in [4.78, 5) is 10.4. The lowest BCUT2D eigenvalue weighted by molar-refractivity contribution is -0.137. The van der Waals surface area contributed by atoms with Gasteiger partial charge in [-0.05, 0) is 38.0 Å². The number of allylic oxidation sites excluding steroid dienone is 2. The molecule has 3 heteroatoms. The van der Waals surface area contributed by atoms with Gasteiger partial charge in [0.25, 0.3) is 0 Å². The summed E-state index contributed by atoms with van der Waals surface area (Å²) in [6.07, 6.45) is 16.4. The number of aliphatic hydroxyl groups excluding tert-OH is 1. The summed E-state index contributed by atoms with van der Waals surface area (Å²) in [5.74, 6) is -0.335. The molecule has 0 fully saturated rings. The number of aliphatic hydroxyl groups is 1. The zero-order valence-electron chi connectivity index (χ0n) is 14.6. The smallest absolute Gasteiger partial charge is 0.303 e. The summed E-state index contributed by atoms with van der Waals surface area (Å²) in [7, 11) is 0. The van der Waals surface area contributed by atoms with E-state index in [1.807, 2.05) is 0 Å². The lowest BCUT2D eigenvalue weighted by Crippen LogP contribution is -2.16. The van der Waals surface area contributed by atoms with Gasteiger partial charge in [0.1, 0.15) is 0 Å². The van der Waals surface area contributed by atoms with E-state index < -0.39 is 5.97 Å². The van der Waals surface area contributed by atoms with Crippen molar-refractivity contribution in [2.45, 2.75) is 97.0 Å². The third-order valence-corrected chi connectivity index (χ3v) is 4.20. The molecule has 0 aliphatic rings. The van der Waals surface area contributed by atoms with E-state index in [1.54, 1.807) is 0 Å². The topological polar surface area (TPSA) is 57.5 Å². The van der Waals surface area contributed by atoms with E-state index >= 15 is 0 Å². The van der Waals surface area contributed by atoms with E-state index in [2.05, 4.69) is 26.0 Å². The van der Waals surface area contributed by atoms with Crippen LogP contribution in [0.3, 0.4) is 0 Å². The largest absolute Gasteiger partial charge is 0.481 e. The van der Waals surface area contributed by atoms with Gasteiger partial charge in [0, 0.05) is 6.42 Å². The highest BCUT2D eigenvalue weighted by atomic mass is 16.4. The second-order valence-electron chi connectivity index (χ2n) is 6.45. The predicted octanol–water partition coefficient (Wildman–Crippen LogP) is 5.33. The number of rotatable bonds is 15. The molecule has 0 saturated heterocycles. The molecule has 22 heavy (non-hydrogen) atoms. The van der Waals surface area contributed by atoms with Crippen LogP contribution in [0.2, 0.25) is 0 Å². The zero-order valence-corrected chi connectivity index (χ0v) is 14.6. The van der Waals surface area contributed by atoms with E-state index in [-0.39, 0.29) is 6.10 Å². The molecular weight excluding hydrogens is 276 g/mol. The first kappa shape index (κ1) is 21.2. The quantitative estimate of drug-likeness (QED) is 0.317. The summed E-state index contributed by atoms with van der Waals surface area (Å²) in [6, 6.07) is 0. The van der Waals surface area contributed by atoms with Gasteiger partial charge in [-0.2, -0.15) is 0 Å². The van der Waals surface area contributed by atoms with Crippen LogP contribution in [-0.4, -0.2) is 22.3 Å². The van der Waals surface area contributed by atoms with Crippen molar-refractivity contribution < 1.29 is 15.0 Å². The molecule has 0 aliphatic carbocycles. The number of aliphatic carboxylic acids is 1. The molecule has 0 bridgehead atoms. The fourth-order valence-corrected chi connectivity index (χ4v) is 2.54. The number of unbranched alkanes of at least 4 members (excludes halogenated alkanes) is 7. The zero-order chi connectivity index (χ0) is 16.6. The Kier molecular flexibility index (Phi) is 14.5. The predicted molar refractivity (Wildman–Crippen MR) is 93.0 cm³/mol. The lowest BCUT2D eigenvalue weighted by atomic mass is 9.96. The highest BCUT2D eigenvalue weighted by molar-refractivity contribution is 5.66. The molecular formula is C19H36O3. The van der Waals surface area contributed by atoms with Crippen LogP contribution in [0.1, 0.15) is 90.9 Å². The summed E-state index contributed by atoms with van der Waals surface area (Å²) in [5, 5.41) is 18.6. The van der Waals surface area contributed by atoms with Crippen LogP contribution in [0.25, 0.3) is 0 Å². The van der Waals surface area contributed by atoms with Gasteiger partial charge in [-0.25, -0.2) is 0 Å². The number of carboxylic acids is 1. The van der Waals surface area contributed by atoms with Gasteiger partial charge < -0.3 is 10.2 Å². The van der Waals surface area contributed by atoms with Crippen molar-refractivity contribution in [3.8, 4) is 0 Å². The van der Waals surface area contributed by atoms with Crippen molar-refractivity contribution in [1.82, 2.24) is 0 Å². The van der Waals surface area contributed by atoms with E-state index in [0.717, 1.165) is 44.9 Å². The van der Waals surface area contributed by atoms with Gasteiger partial charge in [-0.1, -0.05) is 64.5 Å². The molecule has 0 heterocycles. The summed E-state index contributed by atoms with van der Waals surface area (Å²) >= 11 is 0. The van der Waals surface area contributed by atoms with Crippen molar-refractivity contribution in [3.63, 3.8) is 0 Å². The second kappa shape index (κ2) is 15.1. The molecule has 2 unspecified atom stereocenters. The van der Waals surface area contributed by atoms with Crippen LogP contribution in [0, 0.1) is 5.92 Å². The van der Waals surface area contributed by atoms with Crippen LogP contribution in [0.5, 0.6) is 0 Å². The Bertz CT molecular complexity index is 286. The Morgan fingerprint density at radius 3 is 2.36 bits per heavy atom. The summed E-state index contributed by atoms with van der Waals surface area (Å²) < 4.78 is 0. The van der Waals surface area contributed by atoms with Gasteiger partial charge >= 0.3 is 5.97 Å².